The van der Waals surface area contributed by atoms with Gasteiger partial charge in [0.05, 0.1) is 6.61 Å². The molecular weight excluding hydrogens is 302 g/mol. The summed E-state index contributed by atoms with van der Waals surface area (Å²) in [7, 11) is 0. The zero-order valence-corrected chi connectivity index (χ0v) is 12.2. The van der Waals surface area contributed by atoms with Crippen LogP contribution in [-0.2, 0) is 4.74 Å². The molecule has 0 bridgehead atoms. The van der Waals surface area contributed by atoms with Gasteiger partial charge in [0.1, 0.15) is 0 Å². The lowest BCUT2D eigenvalue weighted by atomic mass is 9.92. The highest BCUT2D eigenvalue weighted by atomic mass is 79.9. The molecule has 2 atom stereocenters. The first kappa shape index (κ1) is 13.3. The molecule has 0 spiro atoms. The van der Waals surface area contributed by atoms with Crippen molar-refractivity contribution in [3.63, 3.8) is 0 Å². The van der Waals surface area contributed by atoms with E-state index in [-0.39, 0.29) is 0 Å². The van der Waals surface area contributed by atoms with Crippen molar-refractivity contribution in [2.75, 3.05) is 19.8 Å². The van der Waals surface area contributed by atoms with Gasteiger partial charge in [-0.2, -0.15) is 0 Å². The van der Waals surface area contributed by atoms with E-state index in [0.717, 1.165) is 35.7 Å². The molecule has 2 unspecified atom stereocenters. The number of halogens is 2. The summed E-state index contributed by atoms with van der Waals surface area (Å²) in [4.78, 5) is 0. The molecule has 0 saturated carbocycles. The van der Waals surface area contributed by atoms with Crippen molar-refractivity contribution in [2.24, 2.45) is 5.92 Å². The fourth-order valence-electron chi connectivity index (χ4n) is 2.32. The van der Waals surface area contributed by atoms with Crippen molar-refractivity contribution >= 4 is 27.5 Å². The number of benzene rings is 1. The molecule has 2 nitrogen and oxygen atoms in total. The Morgan fingerprint density at radius 2 is 2.41 bits per heavy atom. The van der Waals surface area contributed by atoms with Crippen LogP contribution in [0.1, 0.15) is 24.9 Å². The fourth-order valence-corrected chi connectivity index (χ4v) is 2.99. The summed E-state index contributed by atoms with van der Waals surface area (Å²) in [5.41, 5.74) is 1.23. The van der Waals surface area contributed by atoms with E-state index >= 15 is 0 Å². The van der Waals surface area contributed by atoms with Crippen LogP contribution in [0.2, 0.25) is 5.02 Å². The monoisotopic (exact) mass is 317 g/mol. The van der Waals surface area contributed by atoms with Gasteiger partial charge in [-0.1, -0.05) is 34.5 Å². The molecule has 0 aromatic heterocycles. The second-order valence-corrected chi connectivity index (χ2v) is 5.62. The van der Waals surface area contributed by atoms with Crippen molar-refractivity contribution in [1.29, 1.82) is 0 Å². The second-order valence-electron chi connectivity index (χ2n) is 4.32. The van der Waals surface area contributed by atoms with Gasteiger partial charge >= 0.3 is 0 Å². The maximum absolute atomic E-state index is 6.09. The first-order chi connectivity index (χ1) is 8.22. The lowest BCUT2D eigenvalue weighted by Gasteiger charge is -2.25. The van der Waals surface area contributed by atoms with E-state index in [2.05, 4.69) is 28.2 Å². The summed E-state index contributed by atoms with van der Waals surface area (Å²) in [5, 5.41) is 4.32. The van der Waals surface area contributed by atoms with Gasteiger partial charge in [-0.05, 0) is 36.7 Å². The number of hydrogen-bond acceptors (Lipinski definition) is 2. The van der Waals surface area contributed by atoms with Crippen molar-refractivity contribution < 1.29 is 4.74 Å². The average Bonchev–Trinajstić information content (AvgIpc) is 2.83. The predicted molar refractivity (Wildman–Crippen MR) is 74.5 cm³/mol. The molecule has 1 N–H and O–H groups in total. The summed E-state index contributed by atoms with van der Waals surface area (Å²) in [5.74, 6) is 0.532. The first-order valence-corrected chi connectivity index (χ1v) is 7.15. The van der Waals surface area contributed by atoms with Gasteiger partial charge in [0.15, 0.2) is 0 Å². The molecule has 0 aliphatic carbocycles. The van der Waals surface area contributed by atoms with Gasteiger partial charge in [-0.3, -0.25) is 0 Å². The Hall–Kier alpha value is -0.0900. The van der Waals surface area contributed by atoms with Crippen LogP contribution >= 0.6 is 27.5 Å². The molecule has 1 aromatic carbocycles. The van der Waals surface area contributed by atoms with E-state index in [4.69, 9.17) is 16.3 Å². The summed E-state index contributed by atoms with van der Waals surface area (Å²) in [6.45, 7) is 4.77. The van der Waals surface area contributed by atoms with Crippen molar-refractivity contribution in [3.05, 3.63) is 33.3 Å². The summed E-state index contributed by atoms with van der Waals surface area (Å²) >= 11 is 9.70. The predicted octanol–water partition coefficient (Wildman–Crippen LogP) is 3.79. The van der Waals surface area contributed by atoms with Crippen LogP contribution in [0.15, 0.2) is 22.7 Å². The normalized spacial score (nSPS) is 21.7. The van der Waals surface area contributed by atoms with Gasteiger partial charge in [-0.15, -0.1) is 0 Å². The molecule has 0 radical (unpaired) electrons. The van der Waals surface area contributed by atoms with Crippen molar-refractivity contribution in [2.45, 2.75) is 19.4 Å². The van der Waals surface area contributed by atoms with Crippen LogP contribution in [0, 0.1) is 5.92 Å². The fraction of sp³-hybridized carbons (Fsp3) is 0.538. The maximum atomic E-state index is 6.09. The number of nitrogens with one attached hydrogen (secondary N) is 1. The third-order valence-corrected chi connectivity index (χ3v) is 4.11. The smallest absolute Gasteiger partial charge is 0.0513 e. The van der Waals surface area contributed by atoms with Crippen LogP contribution in [-0.4, -0.2) is 19.8 Å². The van der Waals surface area contributed by atoms with E-state index in [1.165, 1.54) is 5.56 Å². The second kappa shape index (κ2) is 6.19. The SMILES string of the molecule is CCNC(c1cc(Cl)ccc1Br)C1CCOC1. The Bertz CT molecular complexity index is 380. The lowest BCUT2D eigenvalue weighted by molar-refractivity contribution is 0.177. The van der Waals surface area contributed by atoms with E-state index < -0.39 is 0 Å². The van der Waals surface area contributed by atoms with E-state index in [1.54, 1.807) is 0 Å². The zero-order valence-electron chi connectivity index (χ0n) is 9.88. The van der Waals surface area contributed by atoms with Crippen molar-refractivity contribution in [1.82, 2.24) is 5.32 Å². The minimum Gasteiger partial charge on any atom is -0.381 e. The Morgan fingerprint density at radius 3 is 3.06 bits per heavy atom. The number of ether oxygens (including phenoxy) is 1. The molecule has 1 fully saturated rings. The summed E-state index contributed by atoms with van der Waals surface area (Å²) in [6, 6.07) is 6.27. The van der Waals surface area contributed by atoms with Gasteiger partial charge < -0.3 is 10.1 Å². The minimum atomic E-state index is 0.315. The number of hydrogen-bond donors (Lipinski definition) is 1. The van der Waals surface area contributed by atoms with Crippen LogP contribution in [0.25, 0.3) is 0 Å². The molecule has 1 heterocycles. The largest absolute Gasteiger partial charge is 0.381 e. The third-order valence-electron chi connectivity index (χ3n) is 3.15. The maximum Gasteiger partial charge on any atom is 0.0513 e. The van der Waals surface area contributed by atoms with Gasteiger partial charge in [-0.25, -0.2) is 0 Å². The van der Waals surface area contributed by atoms with E-state index in [1.807, 2.05) is 18.2 Å². The van der Waals surface area contributed by atoms with Gasteiger partial charge in [0, 0.05) is 28.1 Å². The summed E-state index contributed by atoms with van der Waals surface area (Å²) in [6.07, 6.45) is 1.11. The molecular formula is C13H17BrClNO. The molecule has 94 valence electrons. The zero-order chi connectivity index (χ0) is 12.3. The molecule has 1 aliphatic rings. The molecule has 1 aromatic rings. The quantitative estimate of drug-likeness (QED) is 0.912. The highest BCUT2D eigenvalue weighted by molar-refractivity contribution is 9.10. The summed E-state index contributed by atoms with van der Waals surface area (Å²) < 4.78 is 6.60. The van der Waals surface area contributed by atoms with Crippen LogP contribution in [0.3, 0.4) is 0 Å². The van der Waals surface area contributed by atoms with E-state index in [0.29, 0.717) is 12.0 Å². The molecule has 1 saturated heterocycles. The molecule has 2 rings (SSSR count). The lowest BCUT2D eigenvalue weighted by Crippen LogP contribution is -2.28. The first-order valence-electron chi connectivity index (χ1n) is 5.98. The third kappa shape index (κ3) is 3.22. The van der Waals surface area contributed by atoms with Crippen LogP contribution < -0.4 is 5.32 Å². The highest BCUT2D eigenvalue weighted by Crippen LogP contribution is 2.34. The number of rotatable bonds is 4. The Balaban J connectivity index is 2.27. The van der Waals surface area contributed by atoms with E-state index in [9.17, 15) is 0 Å². The van der Waals surface area contributed by atoms with Crippen LogP contribution in [0.5, 0.6) is 0 Å². The van der Waals surface area contributed by atoms with Gasteiger partial charge in [0.25, 0.3) is 0 Å². The highest BCUT2D eigenvalue weighted by Gasteiger charge is 2.27. The Labute approximate surface area is 116 Å². The molecule has 4 heteroatoms. The van der Waals surface area contributed by atoms with Crippen LogP contribution in [0.4, 0.5) is 0 Å². The Kier molecular flexibility index (Phi) is 4.86. The standard InChI is InChI=1S/C13H17BrClNO/c1-2-16-13(9-5-6-17-8-9)11-7-10(15)3-4-12(11)14/h3-4,7,9,13,16H,2,5-6,8H2,1H3. The minimum absolute atomic E-state index is 0.315. The van der Waals surface area contributed by atoms with Crippen molar-refractivity contribution in [3.8, 4) is 0 Å². The Morgan fingerprint density at radius 1 is 1.59 bits per heavy atom. The van der Waals surface area contributed by atoms with Gasteiger partial charge in [0.2, 0.25) is 0 Å². The topological polar surface area (TPSA) is 21.3 Å². The molecule has 1 aliphatic heterocycles. The molecule has 0 amide bonds. The average molecular weight is 319 g/mol. The molecule has 17 heavy (non-hydrogen) atoms.